The first-order chi connectivity index (χ1) is 11.3. The second-order valence-electron chi connectivity index (χ2n) is 4.62. The molecule has 0 saturated carbocycles. The molecule has 6 heteroatoms. The number of nitrogens with zero attached hydrogens (tertiary/aromatic N) is 2. The van der Waals surface area contributed by atoms with E-state index in [1.54, 1.807) is 12.4 Å². The number of benzene rings is 1. The molecule has 2 aromatic rings. The number of ether oxygens (including phenoxy) is 2. The van der Waals surface area contributed by atoms with Gasteiger partial charge in [0.2, 0.25) is 0 Å². The van der Waals surface area contributed by atoms with Gasteiger partial charge in [0.15, 0.2) is 0 Å². The lowest BCUT2D eigenvalue weighted by molar-refractivity contribution is 0.0868. The predicted molar refractivity (Wildman–Crippen MR) is 89.2 cm³/mol. The zero-order valence-electron chi connectivity index (χ0n) is 13.0. The Balaban J connectivity index is 1.88. The maximum Gasteiger partial charge on any atom is 0.316 e. The lowest BCUT2D eigenvalue weighted by Gasteiger charge is -2.05. The van der Waals surface area contributed by atoms with Crippen molar-refractivity contribution in [3.63, 3.8) is 0 Å². The highest BCUT2D eigenvalue weighted by atomic mass is 19.1. The fourth-order valence-corrected chi connectivity index (χ4v) is 1.89. The Kier molecular flexibility index (Phi) is 7.00. The highest BCUT2D eigenvalue weighted by Gasteiger charge is 1.98. The van der Waals surface area contributed by atoms with Crippen molar-refractivity contribution in [2.24, 2.45) is 0 Å². The minimum atomic E-state index is -0.492. The van der Waals surface area contributed by atoms with E-state index in [0.717, 1.165) is 16.8 Å². The van der Waals surface area contributed by atoms with Gasteiger partial charge in [0.25, 0.3) is 0 Å². The largest absolute Gasteiger partial charge is 0.461 e. The van der Waals surface area contributed by atoms with E-state index in [1.165, 1.54) is 0 Å². The van der Waals surface area contributed by atoms with Crippen molar-refractivity contribution < 1.29 is 13.9 Å². The van der Waals surface area contributed by atoms with E-state index >= 15 is 0 Å². The number of rotatable bonds is 9. The molecule has 1 heterocycles. The summed E-state index contributed by atoms with van der Waals surface area (Å²) in [5.41, 5.74) is 3.01. The van der Waals surface area contributed by atoms with E-state index in [4.69, 9.17) is 9.47 Å². The van der Waals surface area contributed by atoms with Gasteiger partial charge in [-0.1, -0.05) is 30.4 Å². The Morgan fingerprint density at radius 2 is 1.87 bits per heavy atom. The summed E-state index contributed by atoms with van der Waals surface area (Å²) in [6.07, 6.45) is 7.30. The predicted octanol–water partition coefficient (Wildman–Crippen LogP) is 3.05. The molecule has 0 radical (unpaired) electrons. The van der Waals surface area contributed by atoms with E-state index in [1.807, 2.05) is 43.5 Å². The summed E-state index contributed by atoms with van der Waals surface area (Å²) in [6.45, 7) is 0.205. The summed E-state index contributed by atoms with van der Waals surface area (Å²) in [4.78, 5) is 8.24. The smallest absolute Gasteiger partial charge is 0.316 e. The van der Waals surface area contributed by atoms with Crippen LogP contribution in [0.4, 0.5) is 10.1 Å². The van der Waals surface area contributed by atoms with Crippen molar-refractivity contribution in [2.75, 3.05) is 38.9 Å². The first-order valence-electron chi connectivity index (χ1n) is 7.37. The number of nitrogens with one attached hydrogen (secondary N) is 1. The molecule has 0 bridgehead atoms. The van der Waals surface area contributed by atoms with Crippen LogP contribution in [0.1, 0.15) is 11.1 Å². The van der Waals surface area contributed by atoms with Crippen LogP contribution in [-0.2, 0) is 4.74 Å². The van der Waals surface area contributed by atoms with Gasteiger partial charge in [-0.2, -0.15) is 0 Å². The quantitative estimate of drug-likeness (QED) is 0.720. The molecule has 0 amide bonds. The number of aromatic nitrogens is 2. The molecule has 0 fully saturated rings. The minimum Gasteiger partial charge on any atom is -0.461 e. The van der Waals surface area contributed by atoms with Crippen LogP contribution in [0.2, 0.25) is 0 Å². The zero-order valence-corrected chi connectivity index (χ0v) is 13.0. The highest BCUT2D eigenvalue weighted by molar-refractivity contribution is 5.76. The Morgan fingerprint density at radius 1 is 1.09 bits per heavy atom. The van der Waals surface area contributed by atoms with Crippen molar-refractivity contribution in [2.45, 2.75) is 0 Å². The lowest BCUT2D eigenvalue weighted by atomic mass is 10.1. The fourth-order valence-electron chi connectivity index (χ4n) is 1.89. The first-order valence-corrected chi connectivity index (χ1v) is 7.37. The normalized spacial score (nSPS) is 10.9. The van der Waals surface area contributed by atoms with Gasteiger partial charge >= 0.3 is 6.01 Å². The molecule has 0 aliphatic heterocycles. The molecule has 5 nitrogen and oxygen atoms in total. The molecule has 0 aliphatic carbocycles. The lowest BCUT2D eigenvalue weighted by Crippen LogP contribution is -2.09. The second-order valence-corrected chi connectivity index (χ2v) is 4.62. The zero-order chi connectivity index (χ0) is 16.3. The number of alkyl halides is 1. The monoisotopic (exact) mass is 317 g/mol. The average molecular weight is 317 g/mol. The summed E-state index contributed by atoms with van der Waals surface area (Å²) in [7, 11) is 1.89. The molecular formula is C17H20FN3O2. The van der Waals surface area contributed by atoms with Crippen molar-refractivity contribution in [1.82, 2.24) is 9.97 Å². The van der Waals surface area contributed by atoms with E-state index in [2.05, 4.69) is 15.3 Å². The molecule has 1 aromatic carbocycles. The van der Waals surface area contributed by atoms with Gasteiger partial charge in [0.05, 0.1) is 13.2 Å². The van der Waals surface area contributed by atoms with Gasteiger partial charge in [0, 0.05) is 30.7 Å². The van der Waals surface area contributed by atoms with Crippen molar-refractivity contribution in [1.29, 1.82) is 0 Å². The molecule has 1 aromatic heterocycles. The summed E-state index contributed by atoms with van der Waals surface area (Å²) < 4.78 is 22.1. The third-order valence-corrected chi connectivity index (χ3v) is 3.01. The van der Waals surface area contributed by atoms with Crippen LogP contribution in [0.25, 0.3) is 12.2 Å². The van der Waals surface area contributed by atoms with Crippen molar-refractivity contribution in [3.05, 3.63) is 47.8 Å². The molecular weight excluding hydrogens is 297 g/mol. The van der Waals surface area contributed by atoms with Gasteiger partial charge in [-0.25, -0.2) is 14.4 Å². The Bertz CT molecular complexity index is 617. The molecule has 23 heavy (non-hydrogen) atoms. The SMILES string of the molecule is CNc1ccccc1C=Cc1cnc(OCCOCCF)nc1. The Morgan fingerprint density at radius 3 is 2.61 bits per heavy atom. The molecule has 0 atom stereocenters. The number of halogens is 1. The molecule has 0 spiro atoms. The average Bonchev–Trinajstić information content (AvgIpc) is 2.61. The van der Waals surface area contributed by atoms with Crippen LogP contribution < -0.4 is 10.1 Å². The van der Waals surface area contributed by atoms with E-state index < -0.39 is 6.67 Å². The van der Waals surface area contributed by atoms with Crippen molar-refractivity contribution >= 4 is 17.8 Å². The van der Waals surface area contributed by atoms with Gasteiger partial charge in [-0.05, 0) is 11.6 Å². The van der Waals surface area contributed by atoms with Crippen LogP contribution in [-0.4, -0.2) is 43.5 Å². The molecule has 1 N–H and O–H groups in total. The van der Waals surface area contributed by atoms with Gasteiger partial charge in [-0.3, -0.25) is 0 Å². The topological polar surface area (TPSA) is 56.3 Å². The van der Waals surface area contributed by atoms with E-state index in [9.17, 15) is 4.39 Å². The first kappa shape index (κ1) is 16.9. The number of hydrogen-bond acceptors (Lipinski definition) is 5. The Labute approximate surface area is 135 Å². The van der Waals surface area contributed by atoms with E-state index in [0.29, 0.717) is 13.2 Å². The van der Waals surface area contributed by atoms with Gasteiger partial charge < -0.3 is 14.8 Å². The third kappa shape index (κ3) is 5.67. The van der Waals surface area contributed by atoms with Crippen LogP contribution in [0, 0.1) is 0 Å². The standard InChI is InChI=1S/C17H20FN3O2/c1-19-16-5-3-2-4-15(16)7-6-14-12-20-17(21-13-14)23-11-10-22-9-8-18/h2-7,12-13,19H,8-11H2,1H3. The maximum atomic E-state index is 11.8. The summed E-state index contributed by atoms with van der Waals surface area (Å²) >= 11 is 0. The van der Waals surface area contributed by atoms with E-state index in [-0.39, 0.29) is 12.6 Å². The molecule has 0 unspecified atom stereocenters. The Hall–Kier alpha value is -2.47. The third-order valence-electron chi connectivity index (χ3n) is 3.01. The maximum absolute atomic E-state index is 11.8. The summed E-state index contributed by atoms with van der Waals surface area (Å²) in [6, 6.07) is 8.28. The van der Waals surface area contributed by atoms with Crippen LogP contribution in [0.15, 0.2) is 36.7 Å². The summed E-state index contributed by atoms with van der Waals surface area (Å²) in [5, 5.41) is 3.14. The number of hydrogen-bond donors (Lipinski definition) is 1. The fraction of sp³-hybridized carbons (Fsp3) is 0.294. The van der Waals surface area contributed by atoms with Gasteiger partial charge in [0.1, 0.15) is 13.3 Å². The van der Waals surface area contributed by atoms with Crippen LogP contribution >= 0.6 is 0 Å². The highest BCUT2D eigenvalue weighted by Crippen LogP contribution is 2.17. The molecule has 0 aliphatic rings. The summed E-state index contributed by atoms with van der Waals surface area (Å²) in [5.74, 6) is 0. The number of para-hydroxylation sites is 1. The molecule has 122 valence electrons. The van der Waals surface area contributed by atoms with Crippen LogP contribution in [0.5, 0.6) is 6.01 Å². The van der Waals surface area contributed by atoms with Gasteiger partial charge in [-0.15, -0.1) is 0 Å². The minimum absolute atomic E-state index is 0.0854. The van der Waals surface area contributed by atoms with Crippen molar-refractivity contribution in [3.8, 4) is 6.01 Å². The second kappa shape index (κ2) is 9.53. The number of anilines is 1. The molecule has 0 saturated heterocycles. The van der Waals surface area contributed by atoms with Crippen LogP contribution in [0.3, 0.4) is 0 Å². The molecule has 2 rings (SSSR count).